The molecule has 0 spiro atoms. The second-order valence-electron chi connectivity index (χ2n) is 3.85. The quantitative estimate of drug-likeness (QED) is 0.570. The monoisotopic (exact) mass is 289 g/mol. The van der Waals surface area contributed by atoms with Crippen LogP contribution in [0.2, 0.25) is 0 Å². The minimum Gasteiger partial charge on any atom is -0.495 e. The standard InChI is InChI=1S/C10H15N3O5S/c1-7(6-11)12-19(16,17)10-5-8(13(14)15)3-4-9(10)18-2/h3-5,7,12H,6,11H2,1-2H3/t7-/m1/s1. The maximum absolute atomic E-state index is 12.1. The number of nitro benzene ring substituents is 1. The van der Waals surface area contributed by atoms with Gasteiger partial charge in [0.25, 0.3) is 5.69 Å². The maximum atomic E-state index is 12.1. The number of methoxy groups -OCH3 is 1. The van der Waals surface area contributed by atoms with E-state index in [-0.39, 0.29) is 22.9 Å². The lowest BCUT2D eigenvalue weighted by Crippen LogP contribution is -2.37. The van der Waals surface area contributed by atoms with Crippen LogP contribution in [0.3, 0.4) is 0 Å². The molecule has 0 aliphatic carbocycles. The third-order valence-electron chi connectivity index (χ3n) is 2.36. The molecule has 0 saturated heterocycles. The molecule has 19 heavy (non-hydrogen) atoms. The van der Waals surface area contributed by atoms with Crippen LogP contribution in [0, 0.1) is 10.1 Å². The zero-order chi connectivity index (χ0) is 14.6. The molecule has 1 rings (SSSR count). The Bertz CT molecular complexity index is 573. The summed E-state index contributed by atoms with van der Waals surface area (Å²) in [5.41, 5.74) is 5.01. The van der Waals surface area contributed by atoms with Gasteiger partial charge in [0.05, 0.1) is 12.0 Å². The van der Waals surface area contributed by atoms with E-state index in [0.717, 1.165) is 6.07 Å². The molecule has 106 valence electrons. The van der Waals surface area contributed by atoms with Gasteiger partial charge in [0, 0.05) is 24.7 Å². The first kappa shape index (κ1) is 15.3. The number of nitrogens with two attached hydrogens (primary N) is 1. The molecule has 1 aromatic rings. The zero-order valence-electron chi connectivity index (χ0n) is 10.5. The van der Waals surface area contributed by atoms with Crippen molar-refractivity contribution >= 4 is 15.7 Å². The molecule has 8 nitrogen and oxygen atoms in total. The van der Waals surface area contributed by atoms with Crippen LogP contribution in [0.5, 0.6) is 5.75 Å². The van der Waals surface area contributed by atoms with Crippen molar-refractivity contribution in [2.75, 3.05) is 13.7 Å². The summed E-state index contributed by atoms with van der Waals surface area (Å²) in [6, 6.07) is 2.86. The van der Waals surface area contributed by atoms with E-state index in [2.05, 4.69) is 4.72 Å². The fourth-order valence-electron chi connectivity index (χ4n) is 1.37. The van der Waals surface area contributed by atoms with Crippen LogP contribution < -0.4 is 15.2 Å². The van der Waals surface area contributed by atoms with Gasteiger partial charge in [-0.15, -0.1) is 0 Å². The van der Waals surface area contributed by atoms with Crippen LogP contribution in [-0.4, -0.2) is 33.0 Å². The Labute approximate surface area is 110 Å². The summed E-state index contributed by atoms with van der Waals surface area (Å²) in [6.45, 7) is 1.69. The number of rotatable bonds is 6. The minimum atomic E-state index is -3.93. The smallest absolute Gasteiger partial charge is 0.271 e. The van der Waals surface area contributed by atoms with Crippen molar-refractivity contribution in [1.29, 1.82) is 0 Å². The van der Waals surface area contributed by atoms with E-state index in [1.807, 2.05) is 0 Å². The molecule has 3 N–H and O–H groups in total. The minimum absolute atomic E-state index is 0.0299. The molecule has 0 fully saturated rings. The Balaban J connectivity index is 3.30. The van der Waals surface area contributed by atoms with Gasteiger partial charge in [0.2, 0.25) is 10.0 Å². The predicted octanol–water partition coefficient (Wildman–Crippen LogP) is 0.229. The second kappa shape index (κ2) is 5.95. The van der Waals surface area contributed by atoms with E-state index in [1.165, 1.54) is 19.2 Å². The second-order valence-corrected chi connectivity index (χ2v) is 5.53. The Morgan fingerprint density at radius 2 is 2.16 bits per heavy atom. The van der Waals surface area contributed by atoms with Gasteiger partial charge in [-0.1, -0.05) is 0 Å². The Morgan fingerprint density at radius 1 is 1.53 bits per heavy atom. The summed E-state index contributed by atoms with van der Waals surface area (Å²) >= 11 is 0. The Kier molecular flexibility index (Phi) is 4.81. The lowest BCUT2D eigenvalue weighted by atomic mass is 10.3. The number of hydrogen-bond acceptors (Lipinski definition) is 6. The zero-order valence-corrected chi connectivity index (χ0v) is 11.3. The van der Waals surface area contributed by atoms with Crippen LogP contribution in [0.4, 0.5) is 5.69 Å². The fraction of sp³-hybridized carbons (Fsp3) is 0.400. The SMILES string of the molecule is COc1ccc([N+](=O)[O-])cc1S(=O)(=O)N[C@H](C)CN. The largest absolute Gasteiger partial charge is 0.495 e. The van der Waals surface area contributed by atoms with Crippen molar-refractivity contribution in [3.63, 3.8) is 0 Å². The summed E-state index contributed by atoms with van der Waals surface area (Å²) in [7, 11) is -2.65. The predicted molar refractivity (Wildman–Crippen MR) is 68.5 cm³/mol. The first-order chi connectivity index (χ1) is 8.81. The molecule has 0 radical (unpaired) electrons. The highest BCUT2D eigenvalue weighted by atomic mass is 32.2. The summed E-state index contributed by atoms with van der Waals surface area (Å²) in [4.78, 5) is 9.72. The van der Waals surface area contributed by atoms with Crippen LogP contribution in [0.15, 0.2) is 23.1 Å². The highest BCUT2D eigenvalue weighted by Gasteiger charge is 2.24. The van der Waals surface area contributed by atoms with Crippen molar-refractivity contribution in [2.24, 2.45) is 5.73 Å². The first-order valence-corrected chi connectivity index (χ1v) is 6.85. The lowest BCUT2D eigenvalue weighted by Gasteiger charge is -2.14. The molecule has 0 unspecified atom stereocenters. The van der Waals surface area contributed by atoms with E-state index in [4.69, 9.17) is 10.5 Å². The summed E-state index contributed by atoms with van der Waals surface area (Å²) < 4.78 is 31.4. The van der Waals surface area contributed by atoms with E-state index in [9.17, 15) is 18.5 Å². The normalized spacial score (nSPS) is 13.0. The molecule has 0 bridgehead atoms. The maximum Gasteiger partial charge on any atom is 0.271 e. The van der Waals surface area contributed by atoms with E-state index < -0.39 is 21.0 Å². The molecule has 1 atom stereocenters. The lowest BCUT2D eigenvalue weighted by molar-refractivity contribution is -0.385. The summed E-state index contributed by atoms with van der Waals surface area (Å²) in [5.74, 6) is 0.0299. The number of sulfonamides is 1. The topological polar surface area (TPSA) is 125 Å². The number of ether oxygens (including phenoxy) is 1. The van der Waals surface area contributed by atoms with Gasteiger partial charge in [-0.2, -0.15) is 0 Å². The number of nitrogens with one attached hydrogen (secondary N) is 1. The molecule has 0 amide bonds. The highest BCUT2D eigenvalue weighted by Crippen LogP contribution is 2.28. The molecule has 0 aromatic heterocycles. The third kappa shape index (κ3) is 3.63. The average molecular weight is 289 g/mol. The Hall–Kier alpha value is -1.71. The van der Waals surface area contributed by atoms with Gasteiger partial charge in [-0.25, -0.2) is 13.1 Å². The van der Waals surface area contributed by atoms with Crippen molar-refractivity contribution in [2.45, 2.75) is 17.9 Å². The molecule has 1 aromatic carbocycles. The van der Waals surface area contributed by atoms with Crippen molar-refractivity contribution < 1.29 is 18.1 Å². The number of non-ortho nitro benzene ring substituents is 1. The molecular formula is C10H15N3O5S. The number of hydrogen-bond donors (Lipinski definition) is 2. The number of nitrogens with zero attached hydrogens (tertiary/aromatic N) is 1. The van der Waals surface area contributed by atoms with E-state index in [1.54, 1.807) is 6.92 Å². The van der Waals surface area contributed by atoms with Crippen molar-refractivity contribution in [3.8, 4) is 5.75 Å². The molecule has 0 aliphatic rings. The first-order valence-electron chi connectivity index (χ1n) is 5.36. The third-order valence-corrected chi connectivity index (χ3v) is 3.97. The van der Waals surface area contributed by atoms with Crippen LogP contribution in [-0.2, 0) is 10.0 Å². The molecule has 0 heterocycles. The van der Waals surface area contributed by atoms with Gasteiger partial charge in [0.15, 0.2) is 0 Å². The summed E-state index contributed by atoms with van der Waals surface area (Å²) in [5, 5.41) is 10.7. The van der Waals surface area contributed by atoms with Crippen LogP contribution >= 0.6 is 0 Å². The van der Waals surface area contributed by atoms with Crippen molar-refractivity contribution in [1.82, 2.24) is 4.72 Å². The van der Waals surface area contributed by atoms with E-state index >= 15 is 0 Å². The highest BCUT2D eigenvalue weighted by molar-refractivity contribution is 7.89. The van der Waals surface area contributed by atoms with E-state index in [0.29, 0.717) is 0 Å². The van der Waals surface area contributed by atoms with Crippen LogP contribution in [0.1, 0.15) is 6.92 Å². The van der Waals surface area contributed by atoms with Crippen LogP contribution in [0.25, 0.3) is 0 Å². The molecule has 9 heteroatoms. The number of nitro groups is 1. The Morgan fingerprint density at radius 3 is 2.63 bits per heavy atom. The molecular weight excluding hydrogens is 274 g/mol. The van der Waals surface area contributed by atoms with Gasteiger partial charge in [-0.05, 0) is 13.0 Å². The number of benzene rings is 1. The van der Waals surface area contributed by atoms with Gasteiger partial charge in [-0.3, -0.25) is 10.1 Å². The van der Waals surface area contributed by atoms with Gasteiger partial charge < -0.3 is 10.5 Å². The van der Waals surface area contributed by atoms with Crippen molar-refractivity contribution in [3.05, 3.63) is 28.3 Å². The van der Waals surface area contributed by atoms with Gasteiger partial charge >= 0.3 is 0 Å². The fourth-order valence-corrected chi connectivity index (χ4v) is 2.81. The summed E-state index contributed by atoms with van der Waals surface area (Å²) in [6.07, 6.45) is 0. The molecule has 0 saturated carbocycles. The molecule has 0 aliphatic heterocycles. The van der Waals surface area contributed by atoms with Gasteiger partial charge in [0.1, 0.15) is 10.6 Å². The average Bonchev–Trinajstić information content (AvgIpc) is 2.37.